The van der Waals surface area contributed by atoms with Crippen molar-refractivity contribution in [2.45, 2.75) is 39.8 Å². The molecule has 0 aliphatic rings. The molecule has 2 heterocycles. The summed E-state index contributed by atoms with van der Waals surface area (Å²) in [4.78, 5) is 25.4. The number of aromatic nitrogens is 3. The minimum Gasteiger partial charge on any atom is -0.428 e. The molecule has 2 aromatic heterocycles. The van der Waals surface area contributed by atoms with Crippen molar-refractivity contribution in [2.24, 2.45) is 0 Å². The lowest BCUT2D eigenvalue weighted by molar-refractivity contribution is 0.203. The molecule has 0 bridgehead atoms. The van der Waals surface area contributed by atoms with Gasteiger partial charge in [0.25, 0.3) is 5.56 Å². The highest BCUT2D eigenvalue weighted by atomic mass is 16.5. The zero-order chi connectivity index (χ0) is 17.3. The van der Waals surface area contributed by atoms with Gasteiger partial charge in [0, 0.05) is 18.7 Å². The number of hydrogen-bond acceptors (Lipinski definition) is 3. The van der Waals surface area contributed by atoms with Crippen LogP contribution in [0.25, 0.3) is 22.3 Å². The molecule has 0 aliphatic carbocycles. The predicted octanol–water partition coefficient (Wildman–Crippen LogP) is 2.69. The summed E-state index contributed by atoms with van der Waals surface area (Å²) in [5.41, 5.74) is 1.14. The summed E-state index contributed by atoms with van der Waals surface area (Å²) in [7, 11) is 0. The Morgan fingerprint density at radius 3 is 2.21 bits per heavy atom. The Bertz CT molecular complexity index is 981. The van der Waals surface area contributed by atoms with Crippen LogP contribution in [0.1, 0.15) is 26.7 Å². The lowest BCUT2D eigenvalue weighted by Gasteiger charge is -2.10. The van der Waals surface area contributed by atoms with Crippen molar-refractivity contribution in [3.63, 3.8) is 0 Å². The van der Waals surface area contributed by atoms with Gasteiger partial charge in [-0.25, -0.2) is 4.79 Å². The third kappa shape index (κ3) is 2.44. The van der Waals surface area contributed by atoms with Gasteiger partial charge in [0.05, 0.1) is 11.2 Å². The Hall–Kier alpha value is -2.76. The Kier molecular flexibility index (Phi) is 4.29. The van der Waals surface area contributed by atoms with Gasteiger partial charge in [0.2, 0.25) is 0 Å². The topological polar surface area (TPSA) is 69.2 Å². The summed E-state index contributed by atoms with van der Waals surface area (Å²) in [6.45, 7) is 4.72. The van der Waals surface area contributed by atoms with E-state index in [0.29, 0.717) is 30.7 Å². The second-order valence-electron chi connectivity index (χ2n) is 5.83. The first-order valence-corrected chi connectivity index (χ1v) is 8.23. The van der Waals surface area contributed by atoms with Gasteiger partial charge in [-0.3, -0.25) is 13.9 Å². The van der Waals surface area contributed by atoms with Crippen molar-refractivity contribution in [1.82, 2.24) is 13.9 Å². The van der Waals surface area contributed by atoms with Gasteiger partial charge in [0.15, 0.2) is 5.52 Å². The molecule has 0 amide bonds. The van der Waals surface area contributed by atoms with Crippen LogP contribution in [-0.2, 0) is 13.1 Å². The summed E-state index contributed by atoms with van der Waals surface area (Å²) >= 11 is 0. The fraction of sp³-hybridized carbons (Fsp3) is 0.333. The van der Waals surface area contributed by atoms with Crippen LogP contribution >= 0.6 is 0 Å². The number of nitrogens with zero attached hydrogens (tertiary/aromatic N) is 3. The van der Waals surface area contributed by atoms with Crippen LogP contribution in [0.4, 0.5) is 0 Å². The molecule has 126 valence electrons. The van der Waals surface area contributed by atoms with E-state index in [9.17, 15) is 14.8 Å². The molecule has 3 aromatic rings. The van der Waals surface area contributed by atoms with Crippen LogP contribution < -0.4 is 11.2 Å². The van der Waals surface area contributed by atoms with Gasteiger partial charge < -0.3 is 5.21 Å². The van der Waals surface area contributed by atoms with Crippen LogP contribution in [0.2, 0.25) is 0 Å². The van der Waals surface area contributed by atoms with E-state index in [2.05, 4.69) is 0 Å². The molecule has 24 heavy (non-hydrogen) atoms. The van der Waals surface area contributed by atoms with Crippen molar-refractivity contribution < 1.29 is 5.21 Å². The summed E-state index contributed by atoms with van der Waals surface area (Å²) in [5.74, 6) is 0. The monoisotopic (exact) mass is 327 g/mol. The lowest BCUT2D eigenvalue weighted by Crippen LogP contribution is -2.40. The van der Waals surface area contributed by atoms with Gasteiger partial charge in [0.1, 0.15) is 0 Å². The van der Waals surface area contributed by atoms with E-state index >= 15 is 0 Å². The maximum Gasteiger partial charge on any atom is 0.331 e. The van der Waals surface area contributed by atoms with Gasteiger partial charge >= 0.3 is 5.69 Å². The molecule has 0 aliphatic heterocycles. The lowest BCUT2D eigenvalue weighted by atomic mass is 10.1. The van der Waals surface area contributed by atoms with E-state index in [4.69, 9.17) is 0 Å². The van der Waals surface area contributed by atoms with Crippen molar-refractivity contribution in [2.75, 3.05) is 0 Å². The summed E-state index contributed by atoms with van der Waals surface area (Å²) in [6.07, 6.45) is 1.43. The molecule has 1 aromatic carbocycles. The van der Waals surface area contributed by atoms with Crippen LogP contribution in [0, 0.1) is 0 Å². The molecule has 0 spiro atoms. The van der Waals surface area contributed by atoms with Crippen molar-refractivity contribution in [3.8, 4) is 11.3 Å². The SMILES string of the molecule is CCCn1c(=O)c2c(cc(-c3ccccc3)n2O)n(CCC)c1=O. The highest BCUT2D eigenvalue weighted by molar-refractivity contribution is 5.83. The summed E-state index contributed by atoms with van der Waals surface area (Å²) < 4.78 is 3.69. The second kappa shape index (κ2) is 6.39. The fourth-order valence-corrected chi connectivity index (χ4v) is 3.03. The molecule has 1 N–H and O–H groups in total. The first-order valence-electron chi connectivity index (χ1n) is 8.23. The fourth-order valence-electron chi connectivity index (χ4n) is 3.03. The van der Waals surface area contributed by atoms with Crippen LogP contribution in [-0.4, -0.2) is 19.1 Å². The second-order valence-corrected chi connectivity index (χ2v) is 5.83. The normalized spacial score (nSPS) is 11.2. The predicted molar refractivity (Wildman–Crippen MR) is 93.7 cm³/mol. The molecular weight excluding hydrogens is 306 g/mol. The Balaban J connectivity index is 2.41. The summed E-state index contributed by atoms with van der Waals surface area (Å²) in [6, 6.07) is 11.0. The third-order valence-corrected chi connectivity index (χ3v) is 4.12. The zero-order valence-corrected chi connectivity index (χ0v) is 13.9. The van der Waals surface area contributed by atoms with Crippen LogP contribution in [0.5, 0.6) is 0 Å². The average Bonchev–Trinajstić information content (AvgIpc) is 2.94. The number of hydrogen-bond donors (Lipinski definition) is 1. The molecule has 0 radical (unpaired) electrons. The molecule has 6 nitrogen and oxygen atoms in total. The molecule has 0 fully saturated rings. The highest BCUT2D eigenvalue weighted by Gasteiger charge is 2.20. The van der Waals surface area contributed by atoms with Gasteiger partial charge in [-0.1, -0.05) is 44.2 Å². The molecule has 6 heteroatoms. The Morgan fingerprint density at radius 1 is 0.958 bits per heavy atom. The smallest absolute Gasteiger partial charge is 0.331 e. The van der Waals surface area contributed by atoms with E-state index in [0.717, 1.165) is 16.7 Å². The van der Waals surface area contributed by atoms with Crippen molar-refractivity contribution >= 4 is 11.0 Å². The Labute approximate surface area is 139 Å². The maximum absolute atomic E-state index is 12.7. The molecule has 0 atom stereocenters. The van der Waals surface area contributed by atoms with Crippen molar-refractivity contribution in [3.05, 3.63) is 57.2 Å². The van der Waals surface area contributed by atoms with Crippen molar-refractivity contribution in [1.29, 1.82) is 0 Å². The number of fused-ring (bicyclic) bond motifs is 1. The number of aryl methyl sites for hydroxylation is 1. The van der Waals surface area contributed by atoms with Gasteiger partial charge in [-0.2, -0.15) is 4.73 Å². The van der Waals surface area contributed by atoms with E-state index in [1.54, 1.807) is 10.6 Å². The summed E-state index contributed by atoms with van der Waals surface area (Å²) in [5, 5.41) is 10.6. The van der Waals surface area contributed by atoms with Gasteiger partial charge in [-0.15, -0.1) is 0 Å². The molecule has 0 saturated carbocycles. The Morgan fingerprint density at radius 2 is 1.58 bits per heavy atom. The quantitative estimate of drug-likeness (QED) is 0.733. The maximum atomic E-state index is 12.7. The number of benzene rings is 1. The van der Waals surface area contributed by atoms with Gasteiger partial charge in [-0.05, 0) is 18.9 Å². The molecule has 0 saturated heterocycles. The molecule has 3 rings (SSSR count). The first kappa shape index (κ1) is 16.1. The van der Waals surface area contributed by atoms with Crippen LogP contribution in [0.3, 0.4) is 0 Å². The third-order valence-electron chi connectivity index (χ3n) is 4.12. The van der Waals surface area contributed by atoms with E-state index < -0.39 is 5.56 Å². The van der Waals surface area contributed by atoms with Crippen LogP contribution in [0.15, 0.2) is 46.0 Å². The molecule has 0 unspecified atom stereocenters. The zero-order valence-electron chi connectivity index (χ0n) is 13.9. The minimum atomic E-state index is -0.450. The van der Waals surface area contributed by atoms with E-state index in [1.165, 1.54) is 4.57 Å². The highest BCUT2D eigenvalue weighted by Crippen LogP contribution is 2.24. The number of rotatable bonds is 5. The average molecular weight is 327 g/mol. The van der Waals surface area contributed by atoms with E-state index in [1.807, 2.05) is 44.2 Å². The minimum absolute atomic E-state index is 0.148. The van der Waals surface area contributed by atoms with E-state index in [-0.39, 0.29) is 11.2 Å². The largest absolute Gasteiger partial charge is 0.428 e. The first-order chi connectivity index (χ1) is 11.6. The molecular formula is C18H21N3O3. The standard InChI is InChI=1S/C18H21N3O3/c1-3-10-19-15-12-14(13-8-6-5-7-9-13)21(24)16(15)17(22)20(11-4-2)18(19)23/h5-9,12,24H,3-4,10-11H2,1-2H3.